The number of pyridine rings is 1. The molecule has 0 aliphatic heterocycles. The van der Waals surface area contributed by atoms with Gasteiger partial charge in [0.1, 0.15) is 10.2 Å². The van der Waals surface area contributed by atoms with Gasteiger partial charge in [-0.05, 0) is 30.8 Å². The average Bonchev–Trinajstić information content (AvgIpc) is 2.63. The molecule has 4 nitrogen and oxygen atoms in total. The summed E-state index contributed by atoms with van der Waals surface area (Å²) in [5.41, 5.74) is 1.05. The van der Waals surface area contributed by atoms with Crippen LogP contribution in [0, 0.1) is 6.92 Å². The molecule has 0 aromatic carbocycles. The highest BCUT2D eigenvalue weighted by Crippen LogP contribution is 2.30. The number of carboxylic acid groups (broad SMARTS) is 1. The van der Waals surface area contributed by atoms with Gasteiger partial charge in [0.15, 0.2) is 4.34 Å². The number of hydrogen-bond acceptors (Lipinski definition) is 5. The SMILES string of the molecule is Cc1csc(Sc2cc(C(=O)O)cc(Cl)n2)n1. The molecule has 0 bridgehead atoms. The molecule has 0 fully saturated rings. The largest absolute Gasteiger partial charge is 0.478 e. The number of carboxylic acids is 1. The van der Waals surface area contributed by atoms with Crippen molar-refractivity contribution in [1.82, 2.24) is 9.97 Å². The van der Waals surface area contributed by atoms with Gasteiger partial charge in [-0.25, -0.2) is 14.8 Å². The predicted molar refractivity (Wildman–Crippen MR) is 67.2 cm³/mol. The maximum Gasteiger partial charge on any atom is 0.335 e. The number of carbonyl (C=O) groups is 1. The summed E-state index contributed by atoms with van der Waals surface area (Å²) in [5, 5.41) is 11.5. The van der Waals surface area contributed by atoms with E-state index in [1.54, 1.807) is 0 Å². The van der Waals surface area contributed by atoms with E-state index in [0.29, 0.717) is 5.03 Å². The standard InChI is InChI=1S/C10H7ClN2O2S2/c1-5-4-16-10(12-5)17-8-3-6(9(14)15)2-7(11)13-8/h2-4H,1H3,(H,14,15). The smallest absolute Gasteiger partial charge is 0.335 e. The lowest BCUT2D eigenvalue weighted by Gasteiger charge is -2.00. The fourth-order valence-corrected chi connectivity index (χ4v) is 3.19. The van der Waals surface area contributed by atoms with Gasteiger partial charge in [0.2, 0.25) is 0 Å². The van der Waals surface area contributed by atoms with Crippen molar-refractivity contribution in [2.24, 2.45) is 0 Å². The zero-order chi connectivity index (χ0) is 12.4. The molecule has 2 aromatic heterocycles. The normalized spacial score (nSPS) is 10.5. The Labute approximate surface area is 111 Å². The predicted octanol–water partition coefficient (Wildman–Crippen LogP) is 3.35. The van der Waals surface area contributed by atoms with E-state index >= 15 is 0 Å². The quantitative estimate of drug-likeness (QED) is 0.877. The van der Waals surface area contributed by atoms with Crippen LogP contribution in [0.2, 0.25) is 5.15 Å². The summed E-state index contributed by atoms with van der Waals surface area (Å²) in [4.78, 5) is 19.2. The molecule has 1 N–H and O–H groups in total. The fourth-order valence-electron chi connectivity index (χ4n) is 1.12. The van der Waals surface area contributed by atoms with Crippen LogP contribution < -0.4 is 0 Å². The first-order valence-electron chi connectivity index (χ1n) is 4.55. The van der Waals surface area contributed by atoms with Crippen molar-refractivity contribution in [2.75, 3.05) is 0 Å². The lowest BCUT2D eigenvalue weighted by molar-refractivity contribution is 0.0696. The van der Waals surface area contributed by atoms with Crippen LogP contribution >= 0.6 is 34.7 Å². The first kappa shape index (κ1) is 12.3. The average molecular weight is 287 g/mol. The molecule has 7 heteroatoms. The van der Waals surface area contributed by atoms with Crippen molar-refractivity contribution >= 4 is 40.7 Å². The Morgan fingerprint density at radius 1 is 1.47 bits per heavy atom. The highest BCUT2D eigenvalue weighted by atomic mass is 35.5. The van der Waals surface area contributed by atoms with Crippen LogP contribution in [0.5, 0.6) is 0 Å². The van der Waals surface area contributed by atoms with E-state index in [-0.39, 0.29) is 10.7 Å². The van der Waals surface area contributed by atoms with E-state index in [1.165, 1.54) is 35.2 Å². The van der Waals surface area contributed by atoms with Crippen LogP contribution in [0.15, 0.2) is 26.9 Å². The van der Waals surface area contributed by atoms with E-state index in [4.69, 9.17) is 16.7 Å². The van der Waals surface area contributed by atoms with Crippen molar-refractivity contribution in [3.05, 3.63) is 33.9 Å². The molecule has 2 heterocycles. The van der Waals surface area contributed by atoms with E-state index in [9.17, 15) is 4.79 Å². The van der Waals surface area contributed by atoms with Crippen LogP contribution in [-0.4, -0.2) is 21.0 Å². The van der Waals surface area contributed by atoms with Crippen molar-refractivity contribution in [1.29, 1.82) is 0 Å². The van der Waals surface area contributed by atoms with Crippen LogP contribution in [0.1, 0.15) is 16.1 Å². The van der Waals surface area contributed by atoms with E-state index in [2.05, 4.69) is 9.97 Å². The Morgan fingerprint density at radius 2 is 2.24 bits per heavy atom. The molecule has 0 aliphatic carbocycles. The lowest BCUT2D eigenvalue weighted by atomic mass is 10.3. The van der Waals surface area contributed by atoms with Gasteiger partial charge in [-0.15, -0.1) is 11.3 Å². The number of aromatic carboxylic acids is 1. The number of rotatable bonds is 3. The minimum atomic E-state index is -1.02. The van der Waals surface area contributed by atoms with Gasteiger partial charge in [0, 0.05) is 11.1 Å². The van der Waals surface area contributed by atoms with Crippen LogP contribution in [0.25, 0.3) is 0 Å². The number of aromatic nitrogens is 2. The summed E-state index contributed by atoms with van der Waals surface area (Å²) in [7, 11) is 0. The summed E-state index contributed by atoms with van der Waals surface area (Å²) < 4.78 is 0.814. The molecule has 0 unspecified atom stereocenters. The Balaban J connectivity index is 2.29. The molecule has 0 atom stereocenters. The number of thiazole rings is 1. The van der Waals surface area contributed by atoms with Gasteiger partial charge in [-0.1, -0.05) is 11.6 Å². The molecule has 2 aromatic rings. The molecule has 0 radical (unpaired) electrons. The molecule has 0 amide bonds. The zero-order valence-electron chi connectivity index (χ0n) is 8.68. The number of hydrogen-bond donors (Lipinski definition) is 1. The van der Waals surface area contributed by atoms with Crippen LogP contribution in [0.3, 0.4) is 0 Å². The van der Waals surface area contributed by atoms with Crippen molar-refractivity contribution in [2.45, 2.75) is 16.3 Å². The lowest BCUT2D eigenvalue weighted by Crippen LogP contribution is -1.97. The summed E-state index contributed by atoms with van der Waals surface area (Å²) in [6, 6.07) is 2.80. The van der Waals surface area contributed by atoms with Gasteiger partial charge in [0.25, 0.3) is 0 Å². The molecule has 0 saturated carbocycles. The van der Waals surface area contributed by atoms with Gasteiger partial charge in [0.05, 0.1) is 5.56 Å². The summed E-state index contributed by atoms with van der Waals surface area (Å²) in [6.07, 6.45) is 0. The zero-order valence-corrected chi connectivity index (χ0v) is 11.1. The van der Waals surface area contributed by atoms with Gasteiger partial charge < -0.3 is 5.11 Å². The number of aryl methyl sites for hydroxylation is 1. The van der Waals surface area contributed by atoms with Crippen LogP contribution in [-0.2, 0) is 0 Å². The minimum absolute atomic E-state index is 0.126. The van der Waals surface area contributed by atoms with Gasteiger partial charge >= 0.3 is 5.97 Å². The number of halogens is 1. The summed E-state index contributed by atoms with van der Waals surface area (Å²) in [5.74, 6) is -1.02. The van der Waals surface area contributed by atoms with Crippen molar-refractivity contribution < 1.29 is 9.90 Å². The second kappa shape index (κ2) is 5.03. The van der Waals surface area contributed by atoms with E-state index in [0.717, 1.165) is 10.0 Å². The Morgan fingerprint density at radius 3 is 2.82 bits per heavy atom. The first-order valence-corrected chi connectivity index (χ1v) is 6.63. The first-order chi connectivity index (χ1) is 8.04. The highest BCUT2D eigenvalue weighted by Gasteiger charge is 2.10. The second-order valence-corrected chi connectivity index (χ2v) is 5.69. The minimum Gasteiger partial charge on any atom is -0.478 e. The third-order valence-corrected chi connectivity index (χ3v) is 3.98. The fraction of sp³-hybridized carbons (Fsp3) is 0.100. The maximum absolute atomic E-state index is 10.9. The van der Waals surface area contributed by atoms with E-state index in [1.807, 2.05) is 12.3 Å². The Kier molecular flexibility index (Phi) is 3.66. The molecule has 88 valence electrons. The Hall–Kier alpha value is -1.11. The van der Waals surface area contributed by atoms with Crippen LogP contribution in [0.4, 0.5) is 0 Å². The molecule has 2 rings (SSSR count). The van der Waals surface area contributed by atoms with Gasteiger partial charge in [-0.3, -0.25) is 0 Å². The van der Waals surface area contributed by atoms with Gasteiger partial charge in [-0.2, -0.15) is 0 Å². The van der Waals surface area contributed by atoms with E-state index < -0.39 is 5.97 Å². The molecular formula is C10H7ClN2O2S2. The molecular weight excluding hydrogens is 280 g/mol. The molecule has 0 saturated heterocycles. The third-order valence-electron chi connectivity index (χ3n) is 1.81. The summed E-state index contributed by atoms with van der Waals surface area (Å²) >= 11 is 8.55. The Bertz CT molecular complexity index is 571. The van der Waals surface area contributed by atoms with Crippen molar-refractivity contribution in [3.8, 4) is 0 Å². The second-order valence-electron chi connectivity index (χ2n) is 3.18. The molecule has 0 spiro atoms. The molecule has 17 heavy (non-hydrogen) atoms. The maximum atomic E-state index is 10.9. The highest BCUT2D eigenvalue weighted by molar-refractivity contribution is 8.01. The molecule has 0 aliphatic rings. The number of nitrogens with zero attached hydrogens (tertiary/aromatic N) is 2. The topological polar surface area (TPSA) is 63.1 Å². The van der Waals surface area contributed by atoms with Crippen molar-refractivity contribution in [3.63, 3.8) is 0 Å². The monoisotopic (exact) mass is 286 g/mol. The summed E-state index contributed by atoms with van der Waals surface area (Å²) in [6.45, 7) is 1.90. The third kappa shape index (κ3) is 3.18.